The summed E-state index contributed by atoms with van der Waals surface area (Å²) in [6.45, 7) is 5.52. The second-order valence-corrected chi connectivity index (χ2v) is 11.7. The predicted molar refractivity (Wildman–Crippen MR) is 158 cm³/mol. The van der Waals surface area contributed by atoms with Gasteiger partial charge in [0, 0.05) is 31.3 Å². The Kier molecular flexibility index (Phi) is 12.9. The number of aliphatic hydroxyl groups excluding tert-OH is 3. The van der Waals surface area contributed by atoms with E-state index in [1.165, 1.54) is 6.08 Å². The molecular formula is C33H46O9. The highest BCUT2D eigenvalue weighted by molar-refractivity contribution is 5.82. The lowest BCUT2D eigenvalue weighted by atomic mass is 9.73. The van der Waals surface area contributed by atoms with E-state index in [-0.39, 0.29) is 37.3 Å². The van der Waals surface area contributed by atoms with Gasteiger partial charge in [-0.05, 0) is 26.2 Å². The second kappa shape index (κ2) is 16.1. The van der Waals surface area contributed by atoms with Gasteiger partial charge in [-0.3, -0.25) is 0 Å². The van der Waals surface area contributed by atoms with Gasteiger partial charge >= 0.3 is 11.9 Å². The fourth-order valence-corrected chi connectivity index (χ4v) is 5.44. The standard InChI is InChI=1S/C33H46O9/c1-22-12-6-4-7-14-25-20-30(33(3,21-34)29(41-25)16-11-10-15-26(35)32(38)39)42-31(37)17-9-5-8-13-24-19-27(36)23(2)28(18-22)40-24/h5-12,14,17-18,23-30,34-36H,4,13,15-16,19-21H2,1-3H3,(H,38,39)/b8-5+,11-10-,12-6?,14-7+,17-9+,22-18?/t23-,24+,25-,26?,27+,28-,29+,30-,33+/m1/s1. The number of fused-ring (bicyclic) bond motifs is 4. The van der Waals surface area contributed by atoms with Gasteiger partial charge in [-0.15, -0.1) is 0 Å². The average Bonchev–Trinajstić information content (AvgIpc) is 2.94. The molecule has 4 N–H and O–H groups in total. The summed E-state index contributed by atoms with van der Waals surface area (Å²) in [4.78, 5) is 23.7. The van der Waals surface area contributed by atoms with Crippen molar-refractivity contribution in [3.05, 3.63) is 72.4 Å². The van der Waals surface area contributed by atoms with Crippen LogP contribution in [-0.4, -0.2) is 81.7 Å². The molecule has 0 amide bonds. The molecule has 9 heteroatoms. The van der Waals surface area contributed by atoms with Crippen molar-refractivity contribution in [2.45, 2.75) is 102 Å². The van der Waals surface area contributed by atoms with E-state index in [9.17, 15) is 24.9 Å². The molecule has 232 valence electrons. The quantitative estimate of drug-likeness (QED) is 0.269. The first kappa shape index (κ1) is 33.7. The van der Waals surface area contributed by atoms with Crippen LogP contribution in [0.2, 0.25) is 0 Å². The molecule has 0 aliphatic carbocycles. The Bertz CT molecular complexity index is 1090. The highest BCUT2D eigenvalue weighted by atomic mass is 16.6. The van der Waals surface area contributed by atoms with Crippen molar-refractivity contribution < 1.29 is 44.2 Å². The third kappa shape index (κ3) is 9.61. The van der Waals surface area contributed by atoms with Crippen molar-refractivity contribution in [2.75, 3.05) is 6.61 Å². The Morgan fingerprint density at radius 1 is 1.14 bits per heavy atom. The Labute approximate surface area is 248 Å². The minimum Gasteiger partial charge on any atom is -0.479 e. The molecule has 0 aromatic heterocycles. The molecule has 0 aromatic rings. The van der Waals surface area contributed by atoms with Gasteiger partial charge in [-0.1, -0.05) is 80.2 Å². The van der Waals surface area contributed by atoms with Crippen LogP contribution < -0.4 is 0 Å². The zero-order chi connectivity index (χ0) is 30.7. The predicted octanol–water partition coefficient (Wildman–Crippen LogP) is 3.96. The number of aliphatic carboxylic acids is 1. The number of carbonyl (C=O) groups excluding carboxylic acids is 1. The fourth-order valence-electron chi connectivity index (χ4n) is 5.44. The van der Waals surface area contributed by atoms with E-state index in [1.54, 1.807) is 24.3 Å². The van der Waals surface area contributed by atoms with E-state index >= 15 is 0 Å². The minimum atomic E-state index is -1.49. The fraction of sp³-hybridized carbons (Fsp3) is 0.576. The number of rotatable bonds is 6. The van der Waals surface area contributed by atoms with Crippen LogP contribution in [0.1, 0.15) is 59.3 Å². The normalized spacial score (nSPS) is 37.7. The van der Waals surface area contributed by atoms with Crippen LogP contribution in [-0.2, 0) is 23.8 Å². The van der Waals surface area contributed by atoms with E-state index in [1.807, 2.05) is 51.2 Å². The van der Waals surface area contributed by atoms with Crippen molar-refractivity contribution >= 4 is 11.9 Å². The van der Waals surface area contributed by atoms with Crippen molar-refractivity contribution in [3.8, 4) is 0 Å². The summed E-state index contributed by atoms with van der Waals surface area (Å²) >= 11 is 0. The Hall–Kier alpha value is -2.82. The molecule has 0 spiro atoms. The third-order valence-corrected chi connectivity index (χ3v) is 8.31. The van der Waals surface area contributed by atoms with Crippen molar-refractivity contribution in [3.63, 3.8) is 0 Å². The van der Waals surface area contributed by atoms with Crippen molar-refractivity contribution in [1.82, 2.24) is 0 Å². The number of hydrogen-bond acceptors (Lipinski definition) is 8. The molecule has 2 saturated heterocycles. The molecule has 42 heavy (non-hydrogen) atoms. The number of ether oxygens (including phenoxy) is 3. The molecule has 0 radical (unpaired) electrons. The lowest BCUT2D eigenvalue weighted by Crippen LogP contribution is -2.55. The highest BCUT2D eigenvalue weighted by Crippen LogP contribution is 2.41. The summed E-state index contributed by atoms with van der Waals surface area (Å²) in [6.07, 6.45) is 18.5. The molecule has 0 saturated carbocycles. The van der Waals surface area contributed by atoms with Gasteiger partial charge in [0.2, 0.25) is 0 Å². The lowest BCUT2D eigenvalue weighted by molar-refractivity contribution is -0.198. The molecule has 2 fully saturated rings. The minimum absolute atomic E-state index is 0.0213. The molecule has 0 aromatic carbocycles. The molecule has 3 rings (SSSR count). The topological polar surface area (TPSA) is 143 Å². The number of aliphatic hydroxyl groups is 3. The highest BCUT2D eigenvalue weighted by Gasteiger charge is 2.49. The lowest BCUT2D eigenvalue weighted by Gasteiger charge is -2.47. The van der Waals surface area contributed by atoms with Gasteiger partial charge in [-0.25, -0.2) is 9.59 Å². The van der Waals surface area contributed by atoms with Crippen LogP contribution in [0.25, 0.3) is 0 Å². The summed E-state index contributed by atoms with van der Waals surface area (Å²) in [7, 11) is 0. The van der Waals surface area contributed by atoms with Gasteiger partial charge in [0.15, 0.2) is 6.10 Å². The van der Waals surface area contributed by atoms with Crippen LogP contribution in [0.15, 0.2) is 72.4 Å². The van der Waals surface area contributed by atoms with Crippen LogP contribution in [0.3, 0.4) is 0 Å². The van der Waals surface area contributed by atoms with Crippen molar-refractivity contribution in [2.24, 2.45) is 11.3 Å². The molecule has 1 unspecified atom stereocenters. The molecule has 4 bridgehead atoms. The molecule has 3 heterocycles. The maximum Gasteiger partial charge on any atom is 0.332 e. The molecule has 9 nitrogen and oxygen atoms in total. The number of carboxylic acids is 1. The maximum atomic E-state index is 12.8. The summed E-state index contributed by atoms with van der Waals surface area (Å²) in [5.41, 5.74) is 0.130. The summed E-state index contributed by atoms with van der Waals surface area (Å²) < 4.78 is 18.5. The largest absolute Gasteiger partial charge is 0.479 e. The molecule has 9 atom stereocenters. The average molecular weight is 587 g/mol. The van der Waals surface area contributed by atoms with Gasteiger partial charge in [-0.2, -0.15) is 0 Å². The second-order valence-electron chi connectivity index (χ2n) is 11.7. The van der Waals surface area contributed by atoms with E-state index < -0.39 is 41.8 Å². The Morgan fingerprint density at radius 3 is 2.67 bits per heavy atom. The van der Waals surface area contributed by atoms with Gasteiger partial charge in [0.05, 0.1) is 42.5 Å². The van der Waals surface area contributed by atoms with Crippen LogP contribution >= 0.6 is 0 Å². The summed E-state index contributed by atoms with van der Waals surface area (Å²) in [5, 5.41) is 39.4. The van der Waals surface area contributed by atoms with Crippen LogP contribution in [0.4, 0.5) is 0 Å². The number of esters is 1. The maximum absolute atomic E-state index is 12.8. The van der Waals surface area contributed by atoms with E-state index in [0.29, 0.717) is 32.1 Å². The third-order valence-electron chi connectivity index (χ3n) is 8.31. The molecule has 3 aliphatic heterocycles. The zero-order valence-electron chi connectivity index (χ0n) is 24.7. The van der Waals surface area contributed by atoms with E-state index in [2.05, 4.69) is 6.08 Å². The summed E-state index contributed by atoms with van der Waals surface area (Å²) in [6, 6.07) is 0. The monoisotopic (exact) mass is 586 g/mol. The molecule has 3 aliphatic rings. The van der Waals surface area contributed by atoms with Gasteiger partial charge in [0.25, 0.3) is 0 Å². The van der Waals surface area contributed by atoms with Crippen LogP contribution in [0, 0.1) is 11.3 Å². The number of hydrogen-bond donors (Lipinski definition) is 4. The smallest absolute Gasteiger partial charge is 0.332 e. The zero-order valence-corrected chi connectivity index (χ0v) is 24.7. The Morgan fingerprint density at radius 2 is 1.93 bits per heavy atom. The molecular weight excluding hydrogens is 540 g/mol. The number of carbonyl (C=O) groups is 2. The van der Waals surface area contributed by atoms with Crippen molar-refractivity contribution in [1.29, 1.82) is 0 Å². The van der Waals surface area contributed by atoms with E-state index in [0.717, 1.165) is 5.57 Å². The Balaban J connectivity index is 1.82. The first-order chi connectivity index (χ1) is 20.0. The van der Waals surface area contributed by atoms with Gasteiger partial charge < -0.3 is 34.6 Å². The summed E-state index contributed by atoms with van der Waals surface area (Å²) in [5.74, 6) is -1.86. The van der Waals surface area contributed by atoms with Gasteiger partial charge in [0.1, 0.15) is 6.10 Å². The first-order valence-electron chi connectivity index (χ1n) is 14.7. The number of carboxylic acid groups (broad SMARTS) is 1. The first-order valence-corrected chi connectivity index (χ1v) is 14.7. The van der Waals surface area contributed by atoms with E-state index in [4.69, 9.17) is 19.3 Å². The SMILES string of the molecule is CC1=C[C@H]2O[C@@H](C/C=C/C=C/C(=O)O[C@@H]3C[C@@H](/C=C/CC=C1)O[C@@H](C/C=C\CC(O)C(=O)O)[C@]3(C)CO)C[C@H](O)[C@H]2C. The number of allylic oxidation sites excluding steroid dienone is 6. The van der Waals surface area contributed by atoms with Crippen LogP contribution in [0.5, 0.6) is 0 Å².